The summed E-state index contributed by atoms with van der Waals surface area (Å²) in [5.41, 5.74) is 0.629. The summed E-state index contributed by atoms with van der Waals surface area (Å²) in [6.45, 7) is 6.76. The molecule has 1 saturated heterocycles. The Labute approximate surface area is 130 Å². The largest absolute Gasteiger partial charge is 0.478 e. The zero-order valence-electron chi connectivity index (χ0n) is 13.2. The maximum Gasteiger partial charge on any atom is 0.410 e. The predicted molar refractivity (Wildman–Crippen MR) is 81.0 cm³/mol. The highest BCUT2D eigenvalue weighted by atomic mass is 16.6. The van der Waals surface area contributed by atoms with Crippen LogP contribution in [0.15, 0.2) is 18.5 Å². The summed E-state index contributed by atoms with van der Waals surface area (Å²) in [7, 11) is 0. The Kier molecular flexibility index (Phi) is 4.68. The lowest BCUT2D eigenvalue weighted by Crippen LogP contribution is -2.41. The predicted octanol–water partition coefficient (Wildman–Crippen LogP) is 2.89. The molecule has 1 aliphatic heterocycles. The summed E-state index contributed by atoms with van der Waals surface area (Å²) in [6.07, 6.45) is 4.33. The highest BCUT2D eigenvalue weighted by Crippen LogP contribution is 2.28. The quantitative estimate of drug-likeness (QED) is 0.908. The van der Waals surface area contributed by atoms with E-state index in [0.29, 0.717) is 13.1 Å². The average molecular weight is 306 g/mol. The lowest BCUT2D eigenvalue weighted by atomic mass is 9.90. The number of pyridine rings is 1. The van der Waals surface area contributed by atoms with Crippen LogP contribution in [0.4, 0.5) is 4.79 Å². The van der Waals surface area contributed by atoms with Crippen molar-refractivity contribution in [3.05, 3.63) is 29.6 Å². The number of likely N-dealkylation sites (tertiary alicyclic amines) is 1. The average Bonchev–Trinajstić information content (AvgIpc) is 2.46. The monoisotopic (exact) mass is 306 g/mol. The second-order valence-electron chi connectivity index (χ2n) is 6.55. The van der Waals surface area contributed by atoms with Crippen molar-refractivity contribution >= 4 is 12.1 Å². The van der Waals surface area contributed by atoms with Gasteiger partial charge in [-0.1, -0.05) is 0 Å². The second kappa shape index (κ2) is 6.34. The molecule has 2 heterocycles. The lowest BCUT2D eigenvalue weighted by Gasteiger charge is -2.33. The first-order valence-electron chi connectivity index (χ1n) is 7.42. The fourth-order valence-corrected chi connectivity index (χ4v) is 2.52. The molecule has 0 bridgehead atoms. The highest BCUT2D eigenvalue weighted by Gasteiger charge is 2.27. The zero-order chi connectivity index (χ0) is 16.3. The van der Waals surface area contributed by atoms with Gasteiger partial charge in [0, 0.05) is 25.5 Å². The summed E-state index contributed by atoms with van der Waals surface area (Å²) in [5.74, 6) is -0.744. The molecule has 1 aromatic rings. The third-order valence-electron chi connectivity index (χ3n) is 3.62. The van der Waals surface area contributed by atoms with Crippen LogP contribution in [0, 0.1) is 0 Å². The van der Waals surface area contributed by atoms with Crippen LogP contribution in [0.2, 0.25) is 0 Å². The van der Waals surface area contributed by atoms with E-state index in [4.69, 9.17) is 9.84 Å². The van der Waals surface area contributed by atoms with Crippen molar-refractivity contribution in [1.82, 2.24) is 9.88 Å². The molecule has 1 amide bonds. The first-order valence-corrected chi connectivity index (χ1v) is 7.42. The van der Waals surface area contributed by atoms with Crippen LogP contribution in [0.5, 0.6) is 0 Å². The van der Waals surface area contributed by atoms with Crippen molar-refractivity contribution < 1.29 is 19.4 Å². The maximum absolute atomic E-state index is 12.0. The van der Waals surface area contributed by atoms with E-state index in [2.05, 4.69) is 4.98 Å². The zero-order valence-corrected chi connectivity index (χ0v) is 13.2. The van der Waals surface area contributed by atoms with E-state index >= 15 is 0 Å². The van der Waals surface area contributed by atoms with Crippen LogP contribution in [-0.2, 0) is 4.74 Å². The van der Waals surface area contributed by atoms with Gasteiger partial charge in [0.05, 0.1) is 5.56 Å². The number of nitrogens with zero attached hydrogens (tertiary/aromatic N) is 2. The molecular weight excluding hydrogens is 284 g/mol. The Balaban J connectivity index is 1.96. The molecule has 1 N–H and O–H groups in total. The van der Waals surface area contributed by atoms with Gasteiger partial charge in [-0.15, -0.1) is 0 Å². The summed E-state index contributed by atoms with van der Waals surface area (Å²) >= 11 is 0. The molecule has 6 heteroatoms. The summed E-state index contributed by atoms with van der Waals surface area (Å²) in [5, 5.41) is 9.02. The molecule has 0 aromatic carbocycles. The summed E-state index contributed by atoms with van der Waals surface area (Å²) in [6, 6.07) is 1.67. The fourth-order valence-electron chi connectivity index (χ4n) is 2.52. The number of aromatic nitrogens is 1. The van der Waals surface area contributed by atoms with Gasteiger partial charge in [0.1, 0.15) is 5.60 Å². The Morgan fingerprint density at radius 1 is 1.27 bits per heavy atom. The van der Waals surface area contributed by atoms with Crippen LogP contribution in [0.3, 0.4) is 0 Å². The first kappa shape index (κ1) is 16.3. The number of hydrogen-bond acceptors (Lipinski definition) is 4. The molecule has 0 atom stereocenters. The van der Waals surface area contributed by atoms with Crippen LogP contribution < -0.4 is 0 Å². The van der Waals surface area contributed by atoms with Gasteiger partial charge in [-0.3, -0.25) is 4.98 Å². The molecule has 0 spiro atoms. The molecule has 0 aliphatic carbocycles. The molecule has 0 saturated carbocycles. The van der Waals surface area contributed by atoms with Crippen molar-refractivity contribution in [2.45, 2.75) is 45.1 Å². The number of aromatic carboxylic acids is 1. The Morgan fingerprint density at radius 2 is 1.91 bits per heavy atom. The number of carboxylic acids is 1. The van der Waals surface area contributed by atoms with E-state index in [1.165, 1.54) is 6.20 Å². The van der Waals surface area contributed by atoms with Gasteiger partial charge in [-0.25, -0.2) is 9.59 Å². The molecule has 120 valence electrons. The number of piperidine rings is 1. The van der Waals surface area contributed by atoms with Gasteiger partial charge < -0.3 is 14.7 Å². The van der Waals surface area contributed by atoms with E-state index in [1.54, 1.807) is 17.2 Å². The van der Waals surface area contributed by atoms with Crippen LogP contribution in [-0.4, -0.2) is 45.7 Å². The molecule has 0 radical (unpaired) electrons. The van der Waals surface area contributed by atoms with Gasteiger partial charge in [-0.2, -0.15) is 0 Å². The minimum Gasteiger partial charge on any atom is -0.478 e. The van der Waals surface area contributed by atoms with E-state index in [-0.39, 0.29) is 17.6 Å². The van der Waals surface area contributed by atoms with Crippen molar-refractivity contribution in [2.24, 2.45) is 0 Å². The van der Waals surface area contributed by atoms with Crippen molar-refractivity contribution in [2.75, 3.05) is 13.1 Å². The summed E-state index contributed by atoms with van der Waals surface area (Å²) < 4.78 is 5.37. The minimum atomic E-state index is -0.972. The lowest BCUT2D eigenvalue weighted by molar-refractivity contribution is 0.0204. The van der Waals surface area contributed by atoms with Crippen LogP contribution >= 0.6 is 0 Å². The molecule has 1 fully saturated rings. The van der Waals surface area contributed by atoms with Crippen molar-refractivity contribution in [1.29, 1.82) is 0 Å². The van der Waals surface area contributed by atoms with Crippen LogP contribution in [0.1, 0.15) is 55.5 Å². The van der Waals surface area contributed by atoms with Gasteiger partial charge in [0.25, 0.3) is 0 Å². The SMILES string of the molecule is CC(C)(C)OC(=O)N1CCC(c2cncc(C(=O)O)c2)CC1. The molecule has 2 rings (SSSR count). The highest BCUT2D eigenvalue weighted by molar-refractivity contribution is 5.87. The number of ether oxygens (including phenoxy) is 1. The second-order valence-corrected chi connectivity index (χ2v) is 6.55. The van der Waals surface area contributed by atoms with Crippen molar-refractivity contribution in [3.8, 4) is 0 Å². The van der Waals surface area contributed by atoms with Gasteiger partial charge in [-0.05, 0) is 51.2 Å². The van der Waals surface area contributed by atoms with Gasteiger partial charge in [0.15, 0.2) is 0 Å². The third kappa shape index (κ3) is 4.19. The van der Waals surface area contributed by atoms with Crippen LogP contribution in [0.25, 0.3) is 0 Å². The van der Waals surface area contributed by atoms with Gasteiger partial charge in [0.2, 0.25) is 0 Å². The Bertz CT molecular complexity index is 558. The maximum atomic E-state index is 12.0. The minimum absolute atomic E-state index is 0.201. The fraction of sp³-hybridized carbons (Fsp3) is 0.562. The number of carbonyl (C=O) groups is 2. The van der Waals surface area contributed by atoms with E-state index in [1.807, 2.05) is 20.8 Å². The number of carbonyl (C=O) groups excluding carboxylic acids is 1. The molecule has 0 unspecified atom stereocenters. The summed E-state index contributed by atoms with van der Waals surface area (Å²) in [4.78, 5) is 28.7. The molecule has 1 aromatic heterocycles. The van der Waals surface area contributed by atoms with E-state index in [9.17, 15) is 9.59 Å². The van der Waals surface area contributed by atoms with E-state index in [0.717, 1.165) is 18.4 Å². The number of amides is 1. The van der Waals surface area contributed by atoms with E-state index < -0.39 is 11.6 Å². The Hall–Kier alpha value is -2.11. The molecular formula is C16H22N2O4. The number of rotatable bonds is 2. The molecule has 6 nitrogen and oxygen atoms in total. The number of carboxylic acid groups (broad SMARTS) is 1. The topological polar surface area (TPSA) is 79.7 Å². The standard InChI is InChI=1S/C16H22N2O4/c1-16(2,3)22-15(21)18-6-4-11(5-7-18)12-8-13(14(19)20)10-17-9-12/h8-11H,4-7H2,1-3H3,(H,19,20). The van der Waals surface area contributed by atoms with Crippen molar-refractivity contribution in [3.63, 3.8) is 0 Å². The Morgan fingerprint density at radius 3 is 2.45 bits per heavy atom. The number of hydrogen-bond donors (Lipinski definition) is 1. The smallest absolute Gasteiger partial charge is 0.410 e. The normalized spacial score (nSPS) is 16.4. The third-order valence-corrected chi connectivity index (χ3v) is 3.62. The molecule has 1 aliphatic rings. The first-order chi connectivity index (χ1) is 10.3. The molecule has 22 heavy (non-hydrogen) atoms. The van der Waals surface area contributed by atoms with Gasteiger partial charge >= 0.3 is 12.1 Å².